The molecule has 0 aliphatic heterocycles. The van der Waals surface area contributed by atoms with Crippen LogP contribution in [0.5, 0.6) is 0 Å². The SMILES string of the molecule is Cl.O=S(=O)(O)c1ccn(Cc2ccccc2)n1. The maximum absolute atomic E-state index is 10.8. The van der Waals surface area contributed by atoms with E-state index >= 15 is 0 Å². The largest absolute Gasteiger partial charge is 0.313 e. The number of hydrogen-bond acceptors (Lipinski definition) is 3. The number of hydrogen-bond donors (Lipinski definition) is 1. The second-order valence-corrected chi connectivity index (χ2v) is 4.68. The Morgan fingerprint density at radius 1 is 1.18 bits per heavy atom. The van der Waals surface area contributed by atoms with Gasteiger partial charge in [-0.1, -0.05) is 30.3 Å². The lowest BCUT2D eigenvalue weighted by atomic mass is 10.2. The number of aromatic nitrogens is 2. The molecule has 0 aliphatic carbocycles. The monoisotopic (exact) mass is 274 g/mol. The molecule has 0 fully saturated rings. The second-order valence-electron chi connectivity index (χ2n) is 3.31. The van der Waals surface area contributed by atoms with Crippen LogP contribution >= 0.6 is 12.4 Å². The molecule has 0 spiro atoms. The number of benzene rings is 1. The van der Waals surface area contributed by atoms with E-state index in [1.54, 1.807) is 0 Å². The molecule has 0 unspecified atom stereocenters. The summed E-state index contributed by atoms with van der Waals surface area (Å²) in [5, 5.41) is 3.43. The quantitative estimate of drug-likeness (QED) is 0.863. The van der Waals surface area contributed by atoms with Gasteiger partial charge in [0.15, 0.2) is 0 Å². The summed E-state index contributed by atoms with van der Waals surface area (Å²) in [6, 6.07) is 10.8. The first-order chi connectivity index (χ1) is 7.55. The van der Waals surface area contributed by atoms with Gasteiger partial charge in [0.25, 0.3) is 0 Å². The molecule has 0 saturated heterocycles. The second kappa shape index (κ2) is 5.31. The minimum Gasteiger partial charge on any atom is -0.281 e. The third kappa shape index (κ3) is 3.55. The zero-order chi connectivity index (χ0) is 11.6. The fraction of sp³-hybridized carbons (Fsp3) is 0.100. The molecule has 0 radical (unpaired) electrons. The van der Waals surface area contributed by atoms with Gasteiger partial charge < -0.3 is 0 Å². The van der Waals surface area contributed by atoms with Gasteiger partial charge in [0.2, 0.25) is 5.03 Å². The lowest BCUT2D eigenvalue weighted by molar-refractivity contribution is 0.476. The summed E-state index contributed by atoms with van der Waals surface area (Å²) in [5.74, 6) is 0. The van der Waals surface area contributed by atoms with Gasteiger partial charge in [0, 0.05) is 6.20 Å². The average Bonchev–Trinajstić information content (AvgIpc) is 2.67. The van der Waals surface area contributed by atoms with Crippen LogP contribution in [0.4, 0.5) is 0 Å². The van der Waals surface area contributed by atoms with Crippen molar-refractivity contribution < 1.29 is 13.0 Å². The van der Waals surface area contributed by atoms with Gasteiger partial charge in [-0.25, -0.2) is 0 Å². The van der Waals surface area contributed by atoms with Crippen molar-refractivity contribution in [2.24, 2.45) is 0 Å². The van der Waals surface area contributed by atoms with Gasteiger partial charge in [-0.3, -0.25) is 9.23 Å². The van der Waals surface area contributed by atoms with Crippen LogP contribution in [0, 0.1) is 0 Å². The molecule has 0 bridgehead atoms. The van der Waals surface area contributed by atoms with Crippen molar-refractivity contribution in [3.63, 3.8) is 0 Å². The molecule has 1 heterocycles. The van der Waals surface area contributed by atoms with Gasteiger partial charge >= 0.3 is 10.1 Å². The molecular weight excluding hydrogens is 264 g/mol. The molecule has 92 valence electrons. The Balaban J connectivity index is 0.00000144. The summed E-state index contributed by atoms with van der Waals surface area (Å²) in [6.07, 6.45) is 1.51. The van der Waals surface area contributed by atoms with E-state index in [2.05, 4.69) is 5.10 Å². The van der Waals surface area contributed by atoms with Gasteiger partial charge in [-0.15, -0.1) is 12.4 Å². The molecule has 0 amide bonds. The zero-order valence-electron chi connectivity index (χ0n) is 8.72. The van der Waals surface area contributed by atoms with Crippen molar-refractivity contribution in [2.75, 3.05) is 0 Å². The molecule has 0 saturated carbocycles. The van der Waals surface area contributed by atoms with Crippen molar-refractivity contribution >= 4 is 22.5 Å². The average molecular weight is 275 g/mol. The van der Waals surface area contributed by atoms with E-state index in [0.29, 0.717) is 6.54 Å². The molecule has 17 heavy (non-hydrogen) atoms. The van der Waals surface area contributed by atoms with Crippen LogP contribution < -0.4 is 0 Å². The third-order valence-electron chi connectivity index (χ3n) is 2.07. The van der Waals surface area contributed by atoms with Crippen molar-refractivity contribution in [1.82, 2.24) is 9.78 Å². The normalized spacial score (nSPS) is 10.9. The highest BCUT2D eigenvalue weighted by molar-refractivity contribution is 7.85. The molecule has 1 N–H and O–H groups in total. The van der Waals surface area contributed by atoms with Crippen molar-refractivity contribution in [3.8, 4) is 0 Å². The van der Waals surface area contributed by atoms with E-state index in [1.165, 1.54) is 16.9 Å². The Hall–Kier alpha value is -1.37. The molecule has 7 heteroatoms. The van der Waals surface area contributed by atoms with Crippen LogP contribution in [0.15, 0.2) is 47.6 Å². The standard InChI is InChI=1S/C10H10N2O3S.ClH/c13-16(14,15)10-6-7-12(11-10)8-9-4-2-1-3-5-9;/h1-7H,8H2,(H,13,14,15);1H. The van der Waals surface area contributed by atoms with E-state index in [4.69, 9.17) is 4.55 Å². The smallest absolute Gasteiger partial charge is 0.281 e. The molecule has 0 atom stereocenters. The summed E-state index contributed by atoms with van der Waals surface area (Å²) in [4.78, 5) is 0. The van der Waals surface area contributed by atoms with Crippen LogP contribution in [-0.4, -0.2) is 22.8 Å². The van der Waals surface area contributed by atoms with Crippen molar-refractivity contribution in [1.29, 1.82) is 0 Å². The fourth-order valence-electron chi connectivity index (χ4n) is 1.34. The molecule has 2 rings (SSSR count). The van der Waals surface area contributed by atoms with E-state index in [0.717, 1.165) is 5.56 Å². The molecule has 2 aromatic rings. The highest BCUT2D eigenvalue weighted by Gasteiger charge is 2.12. The maximum atomic E-state index is 10.8. The van der Waals surface area contributed by atoms with Crippen molar-refractivity contribution in [2.45, 2.75) is 11.6 Å². The summed E-state index contributed by atoms with van der Waals surface area (Å²) < 4.78 is 31.8. The summed E-state index contributed by atoms with van der Waals surface area (Å²) in [6.45, 7) is 0.469. The number of halogens is 1. The minimum atomic E-state index is -4.21. The van der Waals surface area contributed by atoms with Crippen LogP contribution in [0.1, 0.15) is 5.56 Å². The Bertz CT molecular complexity index is 581. The summed E-state index contributed by atoms with van der Waals surface area (Å²) in [5.41, 5.74) is 1.01. The molecule has 1 aromatic carbocycles. The van der Waals surface area contributed by atoms with Gasteiger partial charge in [0.05, 0.1) is 6.54 Å². The predicted octanol–water partition coefficient (Wildman–Crippen LogP) is 1.60. The molecule has 0 aliphatic rings. The van der Waals surface area contributed by atoms with Crippen LogP contribution in [0.2, 0.25) is 0 Å². The van der Waals surface area contributed by atoms with E-state index in [-0.39, 0.29) is 17.4 Å². The van der Waals surface area contributed by atoms with Gasteiger partial charge in [-0.05, 0) is 11.6 Å². The van der Waals surface area contributed by atoms with Gasteiger partial charge in [0.1, 0.15) is 0 Å². The summed E-state index contributed by atoms with van der Waals surface area (Å²) >= 11 is 0. The third-order valence-corrected chi connectivity index (χ3v) is 2.81. The topological polar surface area (TPSA) is 72.2 Å². The van der Waals surface area contributed by atoms with E-state index < -0.39 is 10.1 Å². The van der Waals surface area contributed by atoms with E-state index in [1.807, 2.05) is 30.3 Å². The van der Waals surface area contributed by atoms with E-state index in [9.17, 15) is 8.42 Å². The van der Waals surface area contributed by atoms with Crippen molar-refractivity contribution in [3.05, 3.63) is 48.2 Å². The minimum absolute atomic E-state index is 0. The number of rotatable bonds is 3. The van der Waals surface area contributed by atoms with Crippen LogP contribution in [-0.2, 0) is 16.7 Å². The fourth-order valence-corrected chi connectivity index (χ4v) is 1.78. The first-order valence-electron chi connectivity index (χ1n) is 4.60. The maximum Gasteiger partial charge on any atom is 0.313 e. The Morgan fingerprint density at radius 3 is 2.35 bits per heavy atom. The Morgan fingerprint density at radius 2 is 1.82 bits per heavy atom. The van der Waals surface area contributed by atoms with Crippen LogP contribution in [0.25, 0.3) is 0 Å². The molecule has 5 nitrogen and oxygen atoms in total. The molecule has 1 aromatic heterocycles. The Kier molecular flexibility index (Phi) is 4.28. The highest BCUT2D eigenvalue weighted by atomic mass is 35.5. The molecular formula is C10H11ClN2O3S. The number of nitrogens with zero attached hydrogens (tertiary/aromatic N) is 2. The first kappa shape index (κ1) is 13.7. The zero-order valence-corrected chi connectivity index (χ0v) is 10.4. The van der Waals surface area contributed by atoms with Crippen LogP contribution in [0.3, 0.4) is 0 Å². The highest BCUT2D eigenvalue weighted by Crippen LogP contribution is 2.06. The lowest BCUT2D eigenvalue weighted by Gasteiger charge is -2.00. The predicted molar refractivity (Wildman–Crippen MR) is 64.8 cm³/mol. The first-order valence-corrected chi connectivity index (χ1v) is 6.04. The summed E-state index contributed by atoms with van der Waals surface area (Å²) in [7, 11) is -4.21. The lowest BCUT2D eigenvalue weighted by Crippen LogP contribution is -2.04. The Labute approximate surface area is 105 Å². The van der Waals surface area contributed by atoms with Gasteiger partial charge in [-0.2, -0.15) is 13.5 Å².